The number of hydrogen-bond donors (Lipinski definition) is 1. The van der Waals surface area contributed by atoms with Crippen molar-refractivity contribution in [3.63, 3.8) is 0 Å². The molecule has 4 atom stereocenters. The molecule has 30 heavy (non-hydrogen) atoms. The number of esters is 1. The van der Waals surface area contributed by atoms with Gasteiger partial charge in [0.1, 0.15) is 11.5 Å². The second kappa shape index (κ2) is 6.94. The average molecular weight is 412 g/mol. The molecule has 0 aliphatic carbocycles. The van der Waals surface area contributed by atoms with Gasteiger partial charge in [-0.25, -0.2) is 0 Å². The van der Waals surface area contributed by atoms with Crippen molar-refractivity contribution in [3.8, 4) is 0 Å². The number of hydrogen-bond acceptors (Lipinski definition) is 5. The molecule has 1 aromatic carbocycles. The van der Waals surface area contributed by atoms with E-state index in [1.165, 1.54) is 0 Å². The molecule has 160 valence electrons. The van der Waals surface area contributed by atoms with Crippen molar-refractivity contribution in [2.75, 3.05) is 18.1 Å². The lowest BCUT2D eigenvalue weighted by Crippen LogP contribution is -2.44. The van der Waals surface area contributed by atoms with E-state index in [0.717, 1.165) is 16.8 Å². The summed E-state index contributed by atoms with van der Waals surface area (Å²) in [5.74, 6) is -2.49. The molecule has 1 spiro atoms. The Balaban J connectivity index is 1.52. The fourth-order valence-corrected chi connectivity index (χ4v) is 4.77. The van der Waals surface area contributed by atoms with Gasteiger partial charge in [0.2, 0.25) is 5.91 Å². The monoisotopic (exact) mass is 412 g/mol. The Labute approximate surface area is 176 Å². The number of nitrogens with one attached hydrogen (secondary N) is 1. The summed E-state index contributed by atoms with van der Waals surface area (Å²) < 4.78 is 11.4. The number of rotatable bonds is 4. The van der Waals surface area contributed by atoms with Crippen LogP contribution in [0.1, 0.15) is 31.9 Å². The lowest BCUT2D eigenvalue weighted by Gasteiger charge is -2.24. The molecule has 2 bridgehead atoms. The van der Waals surface area contributed by atoms with Gasteiger partial charge < -0.3 is 19.7 Å². The summed E-state index contributed by atoms with van der Waals surface area (Å²) in [5.41, 5.74) is 1.70. The summed E-state index contributed by atoms with van der Waals surface area (Å²) in [4.78, 5) is 40.0. The highest BCUT2D eigenvalue weighted by Crippen LogP contribution is 2.53. The highest BCUT2D eigenvalue weighted by atomic mass is 16.6. The SMILES string of the molecule is Cc1ccc(N2C[C@@]34C=C[C@@H](O3)[C@H](C(=O)OCC(=O)NC(C)(C)C)[C@H]4C2=O)c(C)c1. The normalized spacial score (nSPS) is 29.3. The number of benzene rings is 1. The van der Waals surface area contributed by atoms with E-state index in [-0.39, 0.29) is 18.4 Å². The Morgan fingerprint density at radius 3 is 2.70 bits per heavy atom. The number of ether oxygens (including phenoxy) is 2. The van der Waals surface area contributed by atoms with E-state index in [9.17, 15) is 14.4 Å². The molecular formula is C23H28N2O5. The first kappa shape index (κ1) is 20.6. The van der Waals surface area contributed by atoms with Crippen LogP contribution >= 0.6 is 0 Å². The first-order valence-electron chi connectivity index (χ1n) is 10.2. The van der Waals surface area contributed by atoms with Crippen molar-refractivity contribution in [1.29, 1.82) is 0 Å². The van der Waals surface area contributed by atoms with E-state index >= 15 is 0 Å². The highest BCUT2D eigenvalue weighted by Gasteiger charge is 2.67. The van der Waals surface area contributed by atoms with Crippen LogP contribution in [-0.4, -0.2) is 48.2 Å². The van der Waals surface area contributed by atoms with Gasteiger partial charge >= 0.3 is 5.97 Å². The maximum absolute atomic E-state index is 13.4. The molecular weight excluding hydrogens is 384 g/mol. The minimum Gasteiger partial charge on any atom is -0.455 e. The zero-order valence-corrected chi connectivity index (χ0v) is 18.0. The van der Waals surface area contributed by atoms with E-state index in [1.54, 1.807) is 4.90 Å². The number of amides is 2. The quantitative estimate of drug-likeness (QED) is 0.604. The van der Waals surface area contributed by atoms with Gasteiger partial charge in [0.25, 0.3) is 5.91 Å². The highest BCUT2D eigenvalue weighted by molar-refractivity contribution is 6.03. The van der Waals surface area contributed by atoms with E-state index in [4.69, 9.17) is 9.47 Å². The van der Waals surface area contributed by atoms with Gasteiger partial charge in [-0.15, -0.1) is 0 Å². The van der Waals surface area contributed by atoms with Gasteiger partial charge in [-0.05, 0) is 46.2 Å². The van der Waals surface area contributed by atoms with Crippen LogP contribution in [0, 0.1) is 25.7 Å². The van der Waals surface area contributed by atoms with Crippen molar-refractivity contribution in [3.05, 3.63) is 41.5 Å². The van der Waals surface area contributed by atoms with Gasteiger partial charge in [0, 0.05) is 11.2 Å². The van der Waals surface area contributed by atoms with Crippen LogP contribution in [0.2, 0.25) is 0 Å². The molecule has 0 unspecified atom stereocenters. The van der Waals surface area contributed by atoms with Crippen molar-refractivity contribution < 1.29 is 23.9 Å². The summed E-state index contributed by atoms with van der Waals surface area (Å²) in [6, 6.07) is 5.93. The fourth-order valence-electron chi connectivity index (χ4n) is 4.77. The zero-order valence-electron chi connectivity index (χ0n) is 18.0. The summed E-state index contributed by atoms with van der Waals surface area (Å²) in [7, 11) is 0. The van der Waals surface area contributed by atoms with Crippen molar-refractivity contribution in [2.24, 2.45) is 11.8 Å². The maximum atomic E-state index is 13.4. The van der Waals surface area contributed by atoms with Crippen molar-refractivity contribution in [1.82, 2.24) is 5.32 Å². The Morgan fingerprint density at radius 1 is 1.30 bits per heavy atom. The van der Waals surface area contributed by atoms with Crippen LogP contribution in [-0.2, 0) is 23.9 Å². The minimum atomic E-state index is -0.823. The Morgan fingerprint density at radius 2 is 2.03 bits per heavy atom. The number of anilines is 1. The molecule has 0 radical (unpaired) electrons. The van der Waals surface area contributed by atoms with Gasteiger partial charge in [0.15, 0.2) is 6.61 Å². The number of fused-ring (bicyclic) bond motifs is 1. The van der Waals surface area contributed by atoms with Gasteiger partial charge in [-0.1, -0.05) is 29.8 Å². The lowest BCUT2D eigenvalue weighted by atomic mass is 9.77. The third-order valence-electron chi connectivity index (χ3n) is 5.88. The first-order valence-corrected chi connectivity index (χ1v) is 10.2. The van der Waals surface area contributed by atoms with Crippen LogP contribution in [0.4, 0.5) is 5.69 Å². The van der Waals surface area contributed by atoms with Crippen LogP contribution in [0.25, 0.3) is 0 Å². The van der Waals surface area contributed by atoms with E-state index in [1.807, 2.05) is 65.0 Å². The maximum Gasteiger partial charge on any atom is 0.313 e. The smallest absolute Gasteiger partial charge is 0.313 e. The zero-order chi connectivity index (χ0) is 21.8. The Hall–Kier alpha value is -2.67. The second-order valence-electron chi connectivity index (χ2n) is 9.52. The third-order valence-corrected chi connectivity index (χ3v) is 5.88. The lowest BCUT2D eigenvalue weighted by molar-refractivity contribution is -0.156. The van der Waals surface area contributed by atoms with Gasteiger partial charge in [0.05, 0.1) is 18.6 Å². The average Bonchev–Trinajstić information content (AvgIpc) is 3.27. The molecule has 7 nitrogen and oxygen atoms in total. The molecule has 3 aliphatic heterocycles. The van der Waals surface area contributed by atoms with Crippen LogP contribution in [0.3, 0.4) is 0 Å². The molecule has 3 heterocycles. The minimum absolute atomic E-state index is 0.144. The molecule has 7 heteroatoms. The van der Waals surface area contributed by atoms with E-state index in [2.05, 4.69) is 5.32 Å². The molecule has 2 saturated heterocycles. The fraction of sp³-hybridized carbons (Fsp3) is 0.522. The Kier molecular flexibility index (Phi) is 4.77. The number of nitrogens with zero attached hydrogens (tertiary/aromatic N) is 1. The summed E-state index contributed by atoms with van der Waals surface area (Å²) >= 11 is 0. The van der Waals surface area contributed by atoms with Crippen LogP contribution in [0.15, 0.2) is 30.4 Å². The second-order valence-corrected chi connectivity index (χ2v) is 9.52. The Bertz CT molecular complexity index is 947. The molecule has 2 amide bonds. The molecule has 1 N–H and O–H groups in total. The molecule has 4 rings (SSSR count). The largest absolute Gasteiger partial charge is 0.455 e. The standard InChI is InChI=1S/C23H28N2O5/c1-13-6-7-15(14(2)10-13)25-12-23-9-8-16(30-23)18(19(23)20(25)27)21(28)29-11-17(26)24-22(3,4)5/h6-10,16,18-19H,11-12H2,1-5H3,(H,24,26)/t16-,18+,19+,23-/m1/s1. The molecule has 0 saturated carbocycles. The number of carbonyl (C=O) groups excluding carboxylic acids is 3. The van der Waals surface area contributed by atoms with Gasteiger partial charge in [-0.2, -0.15) is 0 Å². The van der Waals surface area contributed by atoms with E-state index < -0.39 is 35.0 Å². The van der Waals surface area contributed by atoms with Crippen LogP contribution in [0.5, 0.6) is 0 Å². The molecule has 2 fully saturated rings. The topological polar surface area (TPSA) is 84.9 Å². The molecule has 1 aromatic rings. The van der Waals surface area contributed by atoms with Crippen molar-refractivity contribution in [2.45, 2.75) is 51.9 Å². The third kappa shape index (κ3) is 3.41. The first-order chi connectivity index (χ1) is 14.0. The number of aryl methyl sites for hydroxylation is 2. The van der Waals surface area contributed by atoms with Crippen molar-refractivity contribution >= 4 is 23.5 Å². The predicted molar refractivity (Wildman–Crippen MR) is 111 cm³/mol. The summed E-state index contributed by atoms with van der Waals surface area (Å²) in [6.45, 7) is 9.51. The predicted octanol–water partition coefficient (Wildman–Crippen LogP) is 2.05. The van der Waals surface area contributed by atoms with E-state index in [0.29, 0.717) is 6.54 Å². The summed E-state index contributed by atoms with van der Waals surface area (Å²) in [5, 5.41) is 2.76. The molecule has 3 aliphatic rings. The van der Waals surface area contributed by atoms with Gasteiger partial charge in [-0.3, -0.25) is 14.4 Å². The summed E-state index contributed by atoms with van der Waals surface area (Å²) in [6.07, 6.45) is 3.23. The van der Waals surface area contributed by atoms with Crippen LogP contribution < -0.4 is 10.2 Å². The number of carbonyl (C=O) groups is 3. The molecule has 0 aromatic heterocycles.